The molecule has 1 aromatic rings. The average molecular weight is 355 g/mol. The van der Waals surface area contributed by atoms with Gasteiger partial charge in [-0.15, -0.1) is 0 Å². The van der Waals surface area contributed by atoms with Gasteiger partial charge in [0.25, 0.3) is 0 Å². The van der Waals surface area contributed by atoms with Gasteiger partial charge >= 0.3 is 0 Å². The molecule has 3 heteroatoms. The lowest BCUT2D eigenvalue weighted by molar-refractivity contribution is 1.11. The zero-order valence-corrected chi connectivity index (χ0v) is 11.0. The van der Waals surface area contributed by atoms with Gasteiger partial charge in [0.2, 0.25) is 0 Å². The van der Waals surface area contributed by atoms with Gasteiger partial charge in [0, 0.05) is 10.4 Å². The maximum absolute atomic E-state index is 3.62. The predicted molar refractivity (Wildman–Crippen MR) is 62.1 cm³/mol. The quantitative estimate of drug-likeness (QED) is 0.655. The zero-order chi connectivity index (χ0) is 8.77. The lowest BCUT2D eigenvalue weighted by Crippen LogP contribution is -1.88. The van der Waals surface area contributed by atoms with Crippen LogP contribution >= 0.6 is 47.8 Å². The molecule has 0 unspecified atom stereocenters. The molecule has 1 atom stereocenters. The molecule has 1 saturated carbocycles. The van der Waals surface area contributed by atoms with Gasteiger partial charge in [0.1, 0.15) is 0 Å². The second kappa shape index (κ2) is 3.10. The molecule has 0 aliphatic heterocycles. The summed E-state index contributed by atoms with van der Waals surface area (Å²) >= 11 is 10.8. The van der Waals surface area contributed by atoms with E-state index in [9.17, 15) is 0 Å². The van der Waals surface area contributed by atoms with Crippen LogP contribution in [0, 0.1) is 0 Å². The van der Waals surface area contributed by atoms with Crippen LogP contribution in [0.1, 0.15) is 17.9 Å². The van der Waals surface area contributed by atoms with Crippen molar-refractivity contribution in [3.63, 3.8) is 0 Å². The van der Waals surface area contributed by atoms with E-state index in [-0.39, 0.29) is 3.23 Å². The van der Waals surface area contributed by atoms with Gasteiger partial charge in [0.15, 0.2) is 0 Å². The Hall–Kier alpha value is 0.660. The average Bonchev–Trinajstić information content (AvgIpc) is 2.61. The molecule has 0 nitrogen and oxygen atoms in total. The molecule has 1 aliphatic rings. The molecule has 12 heavy (non-hydrogen) atoms. The molecule has 0 amide bonds. The Kier molecular flexibility index (Phi) is 2.39. The molecule has 1 aromatic carbocycles. The minimum absolute atomic E-state index is 0.157. The molecule has 1 fully saturated rings. The monoisotopic (exact) mass is 352 g/mol. The molecule has 0 N–H and O–H groups in total. The second-order valence-electron chi connectivity index (χ2n) is 3.04. The van der Waals surface area contributed by atoms with Crippen molar-refractivity contribution in [3.05, 3.63) is 34.3 Å². The van der Waals surface area contributed by atoms with Crippen LogP contribution in [0.3, 0.4) is 0 Å². The number of benzene rings is 1. The van der Waals surface area contributed by atoms with Crippen LogP contribution in [0.5, 0.6) is 0 Å². The van der Waals surface area contributed by atoms with Gasteiger partial charge < -0.3 is 0 Å². The van der Waals surface area contributed by atoms with Crippen molar-refractivity contribution in [1.82, 2.24) is 0 Å². The van der Waals surface area contributed by atoms with Crippen LogP contribution in [0.15, 0.2) is 28.7 Å². The van der Waals surface area contributed by atoms with Gasteiger partial charge in [-0.2, -0.15) is 0 Å². The number of hydrogen-bond acceptors (Lipinski definition) is 0. The van der Waals surface area contributed by atoms with Crippen molar-refractivity contribution < 1.29 is 0 Å². The van der Waals surface area contributed by atoms with Gasteiger partial charge in [-0.1, -0.05) is 66.0 Å². The van der Waals surface area contributed by atoms with E-state index in [0.717, 1.165) is 6.42 Å². The minimum Gasteiger partial charge on any atom is -0.0720 e. The summed E-state index contributed by atoms with van der Waals surface area (Å²) < 4.78 is 1.36. The highest BCUT2D eigenvalue weighted by atomic mass is 79.9. The normalized spacial score (nSPS) is 25.4. The summed E-state index contributed by atoms with van der Waals surface area (Å²) in [6.45, 7) is 0. The highest BCUT2D eigenvalue weighted by Crippen LogP contribution is 2.63. The smallest absolute Gasteiger partial charge is 0.0720 e. The Bertz CT molecular complexity index is 306. The van der Waals surface area contributed by atoms with Crippen molar-refractivity contribution in [2.24, 2.45) is 0 Å². The standard InChI is InChI=1S/C9H7Br3/c10-8-4-2-1-3-6(8)7-5-9(7,11)12/h1-4,7H,5H2/t7-/m0/s1. The molecule has 0 bridgehead atoms. The Morgan fingerprint density at radius 1 is 1.25 bits per heavy atom. The first-order valence-corrected chi connectivity index (χ1v) is 6.11. The zero-order valence-electron chi connectivity index (χ0n) is 6.23. The number of halogens is 3. The maximum atomic E-state index is 3.62. The summed E-state index contributed by atoms with van der Waals surface area (Å²) in [5, 5.41) is 0. The van der Waals surface area contributed by atoms with E-state index >= 15 is 0 Å². The van der Waals surface area contributed by atoms with E-state index < -0.39 is 0 Å². The summed E-state index contributed by atoms with van der Waals surface area (Å²) in [7, 11) is 0. The number of alkyl halides is 2. The summed E-state index contributed by atoms with van der Waals surface area (Å²) in [6, 6.07) is 8.37. The summed E-state index contributed by atoms with van der Waals surface area (Å²) in [5.41, 5.74) is 1.38. The summed E-state index contributed by atoms with van der Waals surface area (Å²) in [6.07, 6.45) is 1.16. The second-order valence-corrected chi connectivity index (χ2v) is 7.79. The molecular formula is C9H7Br3. The molecule has 0 heterocycles. The van der Waals surface area contributed by atoms with E-state index in [2.05, 4.69) is 66.0 Å². The summed E-state index contributed by atoms with van der Waals surface area (Å²) in [5.74, 6) is 0.605. The van der Waals surface area contributed by atoms with Crippen LogP contribution in [-0.2, 0) is 0 Å². The Labute approximate surface area is 97.1 Å². The topological polar surface area (TPSA) is 0 Å². The van der Waals surface area contributed by atoms with Crippen LogP contribution in [-0.4, -0.2) is 3.23 Å². The predicted octanol–water partition coefficient (Wildman–Crippen LogP) is 4.42. The lowest BCUT2D eigenvalue weighted by atomic mass is 10.1. The van der Waals surface area contributed by atoms with E-state index in [0.29, 0.717) is 5.92 Å². The molecule has 0 spiro atoms. The maximum Gasteiger partial charge on any atom is 0.0881 e. The molecule has 64 valence electrons. The molecular weight excluding hydrogens is 348 g/mol. The Morgan fingerprint density at radius 3 is 2.33 bits per heavy atom. The first-order chi connectivity index (χ1) is 5.61. The lowest BCUT2D eigenvalue weighted by Gasteiger charge is -2.03. The van der Waals surface area contributed by atoms with E-state index in [4.69, 9.17) is 0 Å². The van der Waals surface area contributed by atoms with Gasteiger partial charge in [0.05, 0.1) is 3.23 Å². The third-order valence-electron chi connectivity index (χ3n) is 2.11. The third-order valence-corrected chi connectivity index (χ3v) is 4.58. The van der Waals surface area contributed by atoms with Crippen molar-refractivity contribution in [2.75, 3.05) is 0 Å². The molecule has 0 radical (unpaired) electrons. The van der Waals surface area contributed by atoms with Crippen molar-refractivity contribution in [3.8, 4) is 0 Å². The molecule has 0 aromatic heterocycles. The molecule has 0 saturated heterocycles. The van der Waals surface area contributed by atoms with Crippen LogP contribution in [0.4, 0.5) is 0 Å². The Morgan fingerprint density at radius 2 is 1.83 bits per heavy atom. The van der Waals surface area contributed by atoms with Crippen LogP contribution < -0.4 is 0 Å². The summed E-state index contributed by atoms with van der Waals surface area (Å²) in [4.78, 5) is 0. The number of rotatable bonds is 1. The van der Waals surface area contributed by atoms with Gasteiger partial charge in [-0.05, 0) is 18.1 Å². The van der Waals surface area contributed by atoms with E-state index in [1.54, 1.807) is 0 Å². The fraction of sp³-hybridized carbons (Fsp3) is 0.333. The minimum atomic E-state index is 0.157. The van der Waals surface area contributed by atoms with Crippen LogP contribution in [0.25, 0.3) is 0 Å². The van der Waals surface area contributed by atoms with E-state index in [1.165, 1.54) is 10.0 Å². The molecule has 1 aliphatic carbocycles. The first-order valence-electron chi connectivity index (χ1n) is 3.73. The fourth-order valence-electron chi connectivity index (χ4n) is 1.31. The van der Waals surface area contributed by atoms with Crippen molar-refractivity contribution in [1.29, 1.82) is 0 Å². The highest BCUT2D eigenvalue weighted by molar-refractivity contribution is 9.25. The molecule has 2 rings (SSSR count). The van der Waals surface area contributed by atoms with E-state index in [1.807, 2.05) is 6.07 Å². The van der Waals surface area contributed by atoms with Crippen molar-refractivity contribution in [2.45, 2.75) is 15.6 Å². The highest BCUT2D eigenvalue weighted by Gasteiger charge is 2.51. The Balaban J connectivity index is 2.31. The van der Waals surface area contributed by atoms with Gasteiger partial charge in [-0.25, -0.2) is 0 Å². The van der Waals surface area contributed by atoms with Crippen molar-refractivity contribution >= 4 is 47.8 Å². The first kappa shape index (κ1) is 9.22. The van der Waals surface area contributed by atoms with Crippen LogP contribution in [0.2, 0.25) is 0 Å². The number of hydrogen-bond donors (Lipinski definition) is 0. The largest absolute Gasteiger partial charge is 0.0881 e. The fourth-order valence-corrected chi connectivity index (χ4v) is 3.01. The third kappa shape index (κ3) is 1.64. The SMILES string of the molecule is Brc1ccccc1[C@@H]1CC1(Br)Br. The van der Waals surface area contributed by atoms with Gasteiger partial charge in [-0.3, -0.25) is 0 Å².